The minimum absolute atomic E-state index is 0.439. The molecule has 0 radical (unpaired) electrons. The molecule has 0 bridgehead atoms. The van der Waals surface area contributed by atoms with Crippen molar-refractivity contribution in [2.75, 3.05) is 13.7 Å². The Hall–Kier alpha value is -1.09. The van der Waals surface area contributed by atoms with Crippen molar-refractivity contribution >= 4 is 0 Å². The quantitative estimate of drug-likeness (QED) is 0.803. The maximum absolute atomic E-state index is 5.16. The van der Waals surface area contributed by atoms with Gasteiger partial charge in [0.1, 0.15) is 0 Å². The highest BCUT2D eigenvalue weighted by atomic mass is 16.5. The predicted molar refractivity (Wildman–Crippen MR) is 67.0 cm³/mol. The van der Waals surface area contributed by atoms with Crippen LogP contribution in [0.1, 0.15) is 38.8 Å². The zero-order valence-corrected chi connectivity index (χ0v) is 10.7. The molecule has 2 unspecified atom stereocenters. The van der Waals surface area contributed by atoms with Crippen LogP contribution in [-0.4, -0.2) is 24.7 Å². The van der Waals surface area contributed by atoms with Crippen LogP contribution in [0.5, 0.6) is 5.88 Å². The molecule has 0 aromatic carbocycles. The van der Waals surface area contributed by atoms with E-state index in [0.29, 0.717) is 17.8 Å². The van der Waals surface area contributed by atoms with Gasteiger partial charge in [0, 0.05) is 23.7 Å². The number of likely N-dealkylation sites (N-methyl/N-ethyl adjacent to an activating group) is 1. The number of hydrogen-bond donors (Lipinski definition) is 1. The van der Waals surface area contributed by atoms with E-state index in [1.54, 1.807) is 7.11 Å². The Bertz CT molecular complexity index is 315. The Kier molecular flexibility index (Phi) is 5.26. The Balaban J connectivity index is 2.85. The average molecular weight is 222 g/mol. The summed E-state index contributed by atoms with van der Waals surface area (Å²) in [7, 11) is 1.65. The van der Waals surface area contributed by atoms with Crippen LogP contribution in [0, 0.1) is 0 Å². The lowest BCUT2D eigenvalue weighted by atomic mass is 9.94. The van der Waals surface area contributed by atoms with Gasteiger partial charge in [0.25, 0.3) is 0 Å². The Labute approximate surface area is 98.2 Å². The number of nitrogens with one attached hydrogen (secondary N) is 1. The molecule has 0 fully saturated rings. The third kappa shape index (κ3) is 3.20. The van der Waals surface area contributed by atoms with Crippen molar-refractivity contribution in [3.8, 4) is 5.88 Å². The van der Waals surface area contributed by atoms with Crippen LogP contribution in [-0.2, 0) is 0 Å². The van der Waals surface area contributed by atoms with Crippen LogP contribution in [0.3, 0.4) is 0 Å². The second-order valence-corrected chi connectivity index (χ2v) is 3.97. The molecule has 0 amide bonds. The van der Waals surface area contributed by atoms with Crippen molar-refractivity contribution in [2.45, 2.75) is 39.2 Å². The maximum atomic E-state index is 5.16. The lowest BCUT2D eigenvalue weighted by Gasteiger charge is -2.23. The fourth-order valence-corrected chi connectivity index (χ4v) is 2.03. The van der Waals surface area contributed by atoms with Gasteiger partial charge < -0.3 is 10.1 Å². The Morgan fingerprint density at radius 1 is 1.38 bits per heavy atom. The van der Waals surface area contributed by atoms with Crippen molar-refractivity contribution in [3.63, 3.8) is 0 Å². The molecule has 3 heteroatoms. The molecule has 0 aliphatic heterocycles. The standard InChI is InChI=1S/C13H22N2O/c1-5-11(10(3)14-6-2)12-8-7-9-13(15-12)16-4/h7-11,14H,5-6H2,1-4H3. The van der Waals surface area contributed by atoms with Crippen LogP contribution in [0.2, 0.25) is 0 Å². The molecule has 0 saturated heterocycles. The monoisotopic (exact) mass is 222 g/mol. The number of nitrogens with zero attached hydrogens (tertiary/aromatic N) is 1. The van der Waals surface area contributed by atoms with Gasteiger partial charge >= 0.3 is 0 Å². The van der Waals surface area contributed by atoms with E-state index in [0.717, 1.165) is 18.7 Å². The maximum Gasteiger partial charge on any atom is 0.213 e. The van der Waals surface area contributed by atoms with E-state index in [9.17, 15) is 0 Å². The van der Waals surface area contributed by atoms with Crippen molar-refractivity contribution in [2.24, 2.45) is 0 Å². The molecule has 0 aliphatic carbocycles. The summed E-state index contributed by atoms with van der Waals surface area (Å²) in [6.07, 6.45) is 1.08. The highest BCUT2D eigenvalue weighted by Crippen LogP contribution is 2.23. The van der Waals surface area contributed by atoms with Crippen molar-refractivity contribution in [1.29, 1.82) is 0 Å². The van der Waals surface area contributed by atoms with Gasteiger partial charge in [-0.25, -0.2) is 4.98 Å². The smallest absolute Gasteiger partial charge is 0.213 e. The highest BCUT2D eigenvalue weighted by molar-refractivity contribution is 5.19. The number of pyridine rings is 1. The molecule has 3 nitrogen and oxygen atoms in total. The predicted octanol–water partition coefficient (Wildman–Crippen LogP) is 2.58. The normalized spacial score (nSPS) is 14.5. The van der Waals surface area contributed by atoms with Gasteiger partial charge in [-0.3, -0.25) is 0 Å². The molecular weight excluding hydrogens is 200 g/mol. The zero-order valence-electron chi connectivity index (χ0n) is 10.7. The van der Waals surface area contributed by atoms with Crippen molar-refractivity contribution < 1.29 is 4.74 Å². The fraction of sp³-hybridized carbons (Fsp3) is 0.615. The van der Waals surface area contributed by atoms with E-state index < -0.39 is 0 Å². The summed E-state index contributed by atoms with van der Waals surface area (Å²) < 4.78 is 5.16. The van der Waals surface area contributed by atoms with Crippen molar-refractivity contribution in [3.05, 3.63) is 23.9 Å². The van der Waals surface area contributed by atoms with Crippen molar-refractivity contribution in [1.82, 2.24) is 10.3 Å². The largest absolute Gasteiger partial charge is 0.481 e. The lowest BCUT2D eigenvalue weighted by molar-refractivity contribution is 0.389. The molecule has 90 valence electrons. The summed E-state index contributed by atoms with van der Waals surface area (Å²) in [6.45, 7) is 7.52. The first-order valence-electron chi connectivity index (χ1n) is 5.97. The van der Waals surface area contributed by atoms with Crippen LogP contribution in [0.15, 0.2) is 18.2 Å². The topological polar surface area (TPSA) is 34.1 Å². The van der Waals surface area contributed by atoms with Crippen LogP contribution in [0.25, 0.3) is 0 Å². The first kappa shape index (κ1) is 13.0. The molecule has 0 aliphatic rings. The summed E-state index contributed by atoms with van der Waals surface area (Å²) in [5, 5.41) is 3.45. The molecule has 16 heavy (non-hydrogen) atoms. The summed E-state index contributed by atoms with van der Waals surface area (Å²) in [5.74, 6) is 1.13. The van der Waals surface area contributed by atoms with Crippen LogP contribution in [0.4, 0.5) is 0 Å². The minimum atomic E-state index is 0.439. The number of aromatic nitrogens is 1. The van der Waals surface area contributed by atoms with Gasteiger partial charge in [-0.15, -0.1) is 0 Å². The van der Waals surface area contributed by atoms with Crippen LogP contribution >= 0.6 is 0 Å². The van der Waals surface area contributed by atoms with Gasteiger partial charge in [-0.1, -0.05) is 19.9 Å². The van der Waals surface area contributed by atoms with Gasteiger partial charge in [-0.2, -0.15) is 0 Å². The highest BCUT2D eigenvalue weighted by Gasteiger charge is 2.18. The number of methoxy groups -OCH3 is 1. The fourth-order valence-electron chi connectivity index (χ4n) is 2.03. The molecule has 2 atom stereocenters. The van der Waals surface area contributed by atoms with E-state index in [1.165, 1.54) is 0 Å². The molecule has 1 heterocycles. The van der Waals surface area contributed by atoms with Gasteiger partial charge in [0.05, 0.1) is 7.11 Å². The molecular formula is C13H22N2O. The zero-order chi connectivity index (χ0) is 12.0. The van der Waals surface area contributed by atoms with Gasteiger partial charge in [-0.05, 0) is 26.0 Å². The Morgan fingerprint density at radius 2 is 2.12 bits per heavy atom. The van der Waals surface area contributed by atoms with Gasteiger partial charge in [0.2, 0.25) is 5.88 Å². The lowest BCUT2D eigenvalue weighted by Crippen LogP contribution is -2.32. The first-order valence-corrected chi connectivity index (χ1v) is 5.97. The molecule has 1 rings (SSSR count). The van der Waals surface area contributed by atoms with E-state index in [2.05, 4.69) is 37.1 Å². The second kappa shape index (κ2) is 6.48. The minimum Gasteiger partial charge on any atom is -0.481 e. The summed E-state index contributed by atoms with van der Waals surface area (Å²) in [5.41, 5.74) is 1.11. The second-order valence-electron chi connectivity index (χ2n) is 3.97. The summed E-state index contributed by atoms with van der Waals surface area (Å²) in [6, 6.07) is 6.40. The van der Waals surface area contributed by atoms with E-state index in [1.807, 2.05) is 12.1 Å². The van der Waals surface area contributed by atoms with Crippen LogP contribution < -0.4 is 10.1 Å². The number of rotatable bonds is 6. The molecule has 1 aromatic rings. The third-order valence-corrected chi connectivity index (χ3v) is 2.90. The molecule has 1 N–H and O–H groups in total. The molecule has 1 aromatic heterocycles. The number of hydrogen-bond acceptors (Lipinski definition) is 3. The average Bonchev–Trinajstić information content (AvgIpc) is 2.31. The number of ether oxygens (including phenoxy) is 1. The third-order valence-electron chi connectivity index (χ3n) is 2.90. The molecule has 0 saturated carbocycles. The van der Waals surface area contributed by atoms with E-state index >= 15 is 0 Å². The Morgan fingerprint density at radius 3 is 2.69 bits per heavy atom. The van der Waals surface area contributed by atoms with Gasteiger partial charge in [0.15, 0.2) is 0 Å². The van der Waals surface area contributed by atoms with E-state index in [4.69, 9.17) is 4.74 Å². The molecule has 0 spiro atoms. The summed E-state index contributed by atoms with van der Waals surface area (Å²) in [4.78, 5) is 4.50. The van der Waals surface area contributed by atoms with E-state index in [-0.39, 0.29) is 0 Å². The first-order chi connectivity index (χ1) is 7.72. The SMILES string of the molecule is CCNC(C)C(CC)c1cccc(OC)n1. The summed E-state index contributed by atoms with van der Waals surface area (Å²) >= 11 is 0.